The first-order valence-corrected chi connectivity index (χ1v) is 9.08. The molecule has 150 valence electrons. The summed E-state index contributed by atoms with van der Waals surface area (Å²) in [6.45, 7) is 5.05. The van der Waals surface area contributed by atoms with Gasteiger partial charge in [0, 0.05) is 19.0 Å². The van der Waals surface area contributed by atoms with Gasteiger partial charge in [-0.05, 0) is 50.0 Å². The Morgan fingerprint density at radius 1 is 1.19 bits per heavy atom. The first-order valence-electron chi connectivity index (χ1n) is 9.08. The molecule has 0 saturated carbocycles. The number of nitrogens with one attached hydrogen (secondary N) is 2. The quantitative estimate of drug-likeness (QED) is 0.545. The zero-order chi connectivity index (χ0) is 20.4. The zero-order valence-electron chi connectivity index (χ0n) is 16.0. The van der Waals surface area contributed by atoms with Gasteiger partial charge in [-0.15, -0.1) is 0 Å². The van der Waals surface area contributed by atoms with Gasteiger partial charge in [0.15, 0.2) is 0 Å². The molecule has 0 saturated heterocycles. The third-order valence-electron chi connectivity index (χ3n) is 3.94. The van der Waals surface area contributed by atoms with Crippen molar-refractivity contribution in [2.45, 2.75) is 64.6 Å². The summed E-state index contributed by atoms with van der Waals surface area (Å²) in [5, 5.41) is 15.8. The summed E-state index contributed by atoms with van der Waals surface area (Å²) in [5.41, 5.74) is 0.324. The van der Waals surface area contributed by atoms with E-state index in [9.17, 15) is 23.5 Å². The van der Waals surface area contributed by atoms with Crippen molar-refractivity contribution in [3.05, 3.63) is 47.5 Å². The fourth-order valence-corrected chi connectivity index (χ4v) is 2.76. The van der Waals surface area contributed by atoms with Crippen molar-refractivity contribution in [1.82, 2.24) is 10.6 Å². The topological polar surface area (TPSA) is 78.4 Å². The highest BCUT2D eigenvalue weighted by Gasteiger charge is 2.23. The van der Waals surface area contributed by atoms with E-state index in [2.05, 4.69) is 10.6 Å². The summed E-state index contributed by atoms with van der Waals surface area (Å²) in [5.74, 6) is -2.07. The molecule has 1 unspecified atom stereocenters. The predicted octanol–water partition coefficient (Wildman–Crippen LogP) is 2.62. The fraction of sp³-hybridized carbons (Fsp3) is 0.500. The number of carbonyl (C=O) groups excluding carboxylic acids is 2. The van der Waals surface area contributed by atoms with Crippen molar-refractivity contribution in [1.29, 1.82) is 0 Å². The van der Waals surface area contributed by atoms with Crippen LogP contribution < -0.4 is 10.6 Å². The van der Waals surface area contributed by atoms with Gasteiger partial charge in [0.25, 0.3) is 0 Å². The molecule has 0 radical (unpaired) electrons. The van der Waals surface area contributed by atoms with Crippen molar-refractivity contribution in [3.63, 3.8) is 0 Å². The Morgan fingerprint density at radius 3 is 2.37 bits per heavy atom. The van der Waals surface area contributed by atoms with Gasteiger partial charge >= 0.3 is 0 Å². The molecule has 1 aromatic rings. The van der Waals surface area contributed by atoms with E-state index in [4.69, 9.17) is 0 Å². The van der Waals surface area contributed by atoms with Gasteiger partial charge in [-0.3, -0.25) is 9.59 Å². The maximum Gasteiger partial charge on any atom is 0.243 e. The Balaban J connectivity index is 2.72. The predicted molar refractivity (Wildman–Crippen MR) is 99.9 cm³/mol. The molecule has 0 bridgehead atoms. The van der Waals surface area contributed by atoms with Gasteiger partial charge < -0.3 is 15.7 Å². The molecule has 0 aliphatic rings. The molecule has 1 aromatic carbocycles. The lowest BCUT2D eigenvalue weighted by Crippen LogP contribution is -2.47. The van der Waals surface area contributed by atoms with E-state index < -0.39 is 23.8 Å². The molecule has 3 N–H and O–H groups in total. The lowest BCUT2D eigenvalue weighted by Gasteiger charge is -2.26. The second-order valence-electron chi connectivity index (χ2n) is 6.69. The SMILES string of the molecule is CCCC=CC(=O)NC(C)C[C@H](O)[C@H](Cc1cc(F)cc(F)c1)NC(C)=O. The van der Waals surface area contributed by atoms with Crippen LogP contribution in [0.5, 0.6) is 0 Å². The molecule has 0 aromatic heterocycles. The van der Waals surface area contributed by atoms with Crippen LogP contribution in [0.25, 0.3) is 0 Å². The van der Waals surface area contributed by atoms with Crippen LogP contribution in [0.15, 0.2) is 30.4 Å². The minimum atomic E-state index is -1.00. The van der Waals surface area contributed by atoms with E-state index in [-0.39, 0.29) is 30.7 Å². The van der Waals surface area contributed by atoms with E-state index in [1.54, 1.807) is 13.0 Å². The number of aliphatic hydroxyl groups excluding tert-OH is 1. The molecule has 5 nitrogen and oxygen atoms in total. The van der Waals surface area contributed by atoms with Crippen molar-refractivity contribution in [3.8, 4) is 0 Å². The van der Waals surface area contributed by atoms with Crippen LogP contribution in [-0.4, -0.2) is 35.1 Å². The van der Waals surface area contributed by atoms with Gasteiger partial charge in [-0.2, -0.15) is 0 Å². The smallest absolute Gasteiger partial charge is 0.243 e. The number of benzene rings is 1. The first-order chi connectivity index (χ1) is 12.7. The van der Waals surface area contributed by atoms with Crippen LogP contribution in [0.1, 0.15) is 45.6 Å². The van der Waals surface area contributed by atoms with Gasteiger partial charge in [-0.25, -0.2) is 8.78 Å². The van der Waals surface area contributed by atoms with Crippen LogP contribution in [0.4, 0.5) is 8.78 Å². The highest BCUT2D eigenvalue weighted by Crippen LogP contribution is 2.14. The lowest BCUT2D eigenvalue weighted by molar-refractivity contribution is -0.121. The number of halogens is 2. The molecular formula is C20H28F2N2O3. The second kappa shape index (κ2) is 11.4. The largest absolute Gasteiger partial charge is 0.391 e. The number of carbonyl (C=O) groups is 2. The van der Waals surface area contributed by atoms with Crippen LogP contribution in [0, 0.1) is 11.6 Å². The molecule has 0 spiro atoms. The number of hydrogen-bond acceptors (Lipinski definition) is 3. The highest BCUT2D eigenvalue weighted by atomic mass is 19.1. The Morgan fingerprint density at radius 2 is 1.81 bits per heavy atom. The maximum absolute atomic E-state index is 13.4. The lowest BCUT2D eigenvalue weighted by atomic mass is 9.96. The zero-order valence-corrected chi connectivity index (χ0v) is 16.0. The summed E-state index contributed by atoms with van der Waals surface area (Å²) < 4.78 is 26.8. The number of aliphatic hydroxyl groups is 1. The molecule has 3 atom stereocenters. The van der Waals surface area contributed by atoms with Gasteiger partial charge in [0.2, 0.25) is 11.8 Å². The first kappa shape index (κ1) is 22.8. The maximum atomic E-state index is 13.4. The summed E-state index contributed by atoms with van der Waals surface area (Å²) in [6, 6.07) is 2.00. The van der Waals surface area contributed by atoms with Gasteiger partial charge in [0.1, 0.15) is 11.6 Å². The molecule has 27 heavy (non-hydrogen) atoms. The Labute approximate surface area is 158 Å². The number of allylic oxidation sites excluding steroid dienone is 1. The minimum absolute atomic E-state index is 0.0620. The van der Waals surface area contributed by atoms with E-state index in [0.717, 1.165) is 31.0 Å². The molecular weight excluding hydrogens is 354 g/mol. The van der Waals surface area contributed by atoms with Gasteiger partial charge in [-0.1, -0.05) is 19.4 Å². The van der Waals surface area contributed by atoms with Crippen LogP contribution in [0.2, 0.25) is 0 Å². The van der Waals surface area contributed by atoms with Crippen LogP contribution in [0.3, 0.4) is 0 Å². The highest BCUT2D eigenvalue weighted by molar-refractivity contribution is 5.87. The van der Waals surface area contributed by atoms with E-state index >= 15 is 0 Å². The van der Waals surface area contributed by atoms with Crippen LogP contribution >= 0.6 is 0 Å². The molecule has 0 fully saturated rings. The standard InChI is InChI=1S/C20H28F2N2O3/c1-4-5-6-7-20(27)23-13(2)8-19(26)18(24-14(3)25)11-15-9-16(21)12-17(22)10-15/h6-7,9-10,12-13,18-19,26H,4-5,8,11H2,1-3H3,(H,23,27)(H,24,25)/t13?,18-,19-/m0/s1. The number of amides is 2. The molecule has 0 heterocycles. The summed E-state index contributed by atoms with van der Waals surface area (Å²) in [7, 11) is 0. The summed E-state index contributed by atoms with van der Waals surface area (Å²) in [4.78, 5) is 23.2. The third-order valence-corrected chi connectivity index (χ3v) is 3.94. The number of hydrogen-bond donors (Lipinski definition) is 3. The fourth-order valence-electron chi connectivity index (χ4n) is 2.76. The average Bonchev–Trinajstić information content (AvgIpc) is 2.52. The second-order valence-corrected chi connectivity index (χ2v) is 6.69. The van der Waals surface area contributed by atoms with Crippen molar-refractivity contribution < 1.29 is 23.5 Å². The number of unbranched alkanes of at least 4 members (excludes halogenated alkanes) is 1. The molecule has 0 aliphatic heterocycles. The van der Waals surface area contributed by atoms with E-state index in [0.29, 0.717) is 5.56 Å². The molecule has 7 heteroatoms. The van der Waals surface area contributed by atoms with Crippen molar-refractivity contribution >= 4 is 11.8 Å². The monoisotopic (exact) mass is 382 g/mol. The van der Waals surface area contributed by atoms with E-state index in [1.807, 2.05) is 6.92 Å². The Bertz CT molecular complexity index is 644. The summed E-state index contributed by atoms with van der Waals surface area (Å²) in [6.07, 6.45) is 4.21. The third kappa shape index (κ3) is 9.28. The number of rotatable bonds is 10. The molecule has 2 amide bonds. The molecule has 1 rings (SSSR count). The van der Waals surface area contributed by atoms with Gasteiger partial charge in [0.05, 0.1) is 12.1 Å². The Kier molecular flexibility index (Phi) is 9.64. The van der Waals surface area contributed by atoms with Crippen molar-refractivity contribution in [2.75, 3.05) is 0 Å². The van der Waals surface area contributed by atoms with Crippen LogP contribution in [-0.2, 0) is 16.0 Å². The van der Waals surface area contributed by atoms with Crippen molar-refractivity contribution in [2.24, 2.45) is 0 Å². The minimum Gasteiger partial charge on any atom is -0.391 e. The average molecular weight is 382 g/mol. The normalized spacial score (nSPS) is 14.6. The Hall–Kier alpha value is -2.28. The summed E-state index contributed by atoms with van der Waals surface area (Å²) >= 11 is 0. The van der Waals surface area contributed by atoms with E-state index in [1.165, 1.54) is 13.0 Å². The molecule has 0 aliphatic carbocycles.